The summed E-state index contributed by atoms with van der Waals surface area (Å²) in [5.74, 6) is 1.63. The molecule has 0 saturated carbocycles. The van der Waals surface area contributed by atoms with Crippen molar-refractivity contribution in [3.8, 4) is 0 Å². The Balaban J connectivity index is 2.25. The van der Waals surface area contributed by atoms with Crippen LogP contribution in [-0.4, -0.2) is 4.57 Å². The lowest BCUT2D eigenvalue weighted by atomic mass is 10.0. The van der Waals surface area contributed by atoms with Crippen LogP contribution in [0.25, 0.3) is 0 Å². The molecule has 0 unspecified atom stereocenters. The molecule has 1 rings (SSSR count). The first kappa shape index (κ1) is 43.2. The summed E-state index contributed by atoms with van der Waals surface area (Å²) in [5.41, 5.74) is 0. The summed E-state index contributed by atoms with van der Waals surface area (Å²) in [7, 11) is 0. The van der Waals surface area contributed by atoms with E-state index in [1.165, 1.54) is 244 Å². The summed E-state index contributed by atoms with van der Waals surface area (Å²) >= 11 is 0. The first-order valence-electron chi connectivity index (χ1n) is 21.9. The predicted octanol–water partition coefficient (Wildman–Crippen LogP) is 15.0. The monoisotopic (exact) mass is 644 g/mol. The smallest absolute Gasteiger partial charge is 0.234 e. The van der Waals surface area contributed by atoms with E-state index in [1.807, 2.05) is 0 Å². The number of unbranched alkanes of at least 4 members (excludes halogenated alkanes) is 32. The van der Waals surface area contributed by atoms with E-state index in [0.717, 1.165) is 0 Å². The number of imidazole rings is 1. The van der Waals surface area contributed by atoms with Crippen molar-refractivity contribution < 1.29 is 4.57 Å². The van der Waals surface area contributed by atoms with Gasteiger partial charge < -0.3 is 0 Å². The van der Waals surface area contributed by atoms with Crippen molar-refractivity contribution in [3.63, 3.8) is 0 Å². The normalized spacial score (nSPS) is 11.6. The number of rotatable bonds is 38. The largest absolute Gasteiger partial charge is 0.256 e. The summed E-state index contributed by atoms with van der Waals surface area (Å²) in [6.45, 7) is 9.41. The standard InChI is InChI=1S/C44H87N2/c1-4-7-10-13-16-19-21-22-23-24-26-29-32-35-38-41-46-43-42-45(40-37-34-31-28-25-20-17-14-11-8-5-2)44(46)39-36-33-30-27-18-15-12-9-6-3/h42-43H,4-41H2,1-3H3/q+1. The van der Waals surface area contributed by atoms with Crippen molar-refractivity contribution in [2.75, 3.05) is 0 Å². The van der Waals surface area contributed by atoms with Crippen LogP contribution in [0, 0.1) is 0 Å². The minimum Gasteiger partial charge on any atom is -0.234 e. The molecule has 2 nitrogen and oxygen atoms in total. The van der Waals surface area contributed by atoms with Gasteiger partial charge in [0.25, 0.3) is 5.82 Å². The fraction of sp³-hybridized carbons (Fsp3) is 0.932. The van der Waals surface area contributed by atoms with Gasteiger partial charge in [0, 0.05) is 6.42 Å². The third kappa shape index (κ3) is 27.2. The highest BCUT2D eigenvalue weighted by atomic mass is 15.1. The molecule has 0 N–H and O–H groups in total. The van der Waals surface area contributed by atoms with E-state index in [-0.39, 0.29) is 0 Å². The molecule has 0 bridgehead atoms. The van der Waals surface area contributed by atoms with Crippen LogP contribution in [0.2, 0.25) is 0 Å². The van der Waals surface area contributed by atoms with Crippen molar-refractivity contribution in [3.05, 3.63) is 18.2 Å². The minimum atomic E-state index is 1.23. The number of nitrogens with zero attached hydrogens (tertiary/aromatic N) is 2. The zero-order chi connectivity index (χ0) is 33.0. The molecule has 1 heterocycles. The number of aryl methyl sites for hydroxylation is 2. The van der Waals surface area contributed by atoms with Crippen LogP contribution >= 0.6 is 0 Å². The highest BCUT2D eigenvalue weighted by Gasteiger charge is 2.16. The predicted molar refractivity (Wildman–Crippen MR) is 207 cm³/mol. The van der Waals surface area contributed by atoms with Gasteiger partial charge in [0.05, 0.1) is 13.1 Å². The summed E-state index contributed by atoms with van der Waals surface area (Å²) in [6.07, 6.45) is 56.3. The second-order valence-electron chi connectivity index (χ2n) is 15.2. The van der Waals surface area contributed by atoms with Crippen LogP contribution in [0.4, 0.5) is 0 Å². The molecule has 2 heteroatoms. The molecule has 0 spiro atoms. The fourth-order valence-corrected chi connectivity index (χ4v) is 7.39. The Bertz CT molecular complexity index is 707. The average molecular weight is 644 g/mol. The van der Waals surface area contributed by atoms with Gasteiger partial charge >= 0.3 is 0 Å². The average Bonchev–Trinajstić information content (AvgIpc) is 3.45. The summed E-state index contributed by atoms with van der Waals surface area (Å²) in [6, 6.07) is 0. The second-order valence-corrected chi connectivity index (χ2v) is 15.2. The van der Waals surface area contributed by atoms with Crippen LogP contribution in [0.5, 0.6) is 0 Å². The molecule has 0 aliphatic heterocycles. The van der Waals surface area contributed by atoms with E-state index in [4.69, 9.17) is 0 Å². The quantitative estimate of drug-likeness (QED) is 0.0501. The number of aromatic nitrogens is 2. The first-order chi connectivity index (χ1) is 22.8. The molecule has 1 aromatic rings. The highest BCUT2D eigenvalue weighted by molar-refractivity contribution is 4.84. The second kappa shape index (κ2) is 35.5. The van der Waals surface area contributed by atoms with Gasteiger partial charge in [0.1, 0.15) is 12.4 Å². The van der Waals surface area contributed by atoms with Gasteiger partial charge in [-0.3, -0.25) is 0 Å². The van der Waals surface area contributed by atoms with Crippen molar-refractivity contribution in [1.29, 1.82) is 0 Å². The third-order valence-electron chi connectivity index (χ3n) is 10.6. The molecule has 0 fully saturated rings. The lowest BCUT2D eigenvalue weighted by molar-refractivity contribution is -0.704. The van der Waals surface area contributed by atoms with Crippen LogP contribution in [0.3, 0.4) is 0 Å². The molecule has 1 aromatic heterocycles. The van der Waals surface area contributed by atoms with E-state index in [0.29, 0.717) is 0 Å². The number of hydrogen-bond donors (Lipinski definition) is 0. The Morgan fingerprint density at radius 1 is 0.370 bits per heavy atom. The van der Waals surface area contributed by atoms with Crippen LogP contribution in [0.1, 0.15) is 251 Å². The van der Waals surface area contributed by atoms with E-state index < -0.39 is 0 Å². The van der Waals surface area contributed by atoms with Gasteiger partial charge in [-0.15, -0.1) is 0 Å². The molecular formula is C44H87N2+. The molecule has 0 atom stereocenters. The Hall–Kier alpha value is -0.790. The number of hydrogen-bond acceptors (Lipinski definition) is 0. The van der Waals surface area contributed by atoms with Gasteiger partial charge in [-0.05, 0) is 32.1 Å². The summed E-state index contributed by atoms with van der Waals surface area (Å²) in [5, 5.41) is 0. The molecule has 0 aliphatic carbocycles. The van der Waals surface area contributed by atoms with E-state index >= 15 is 0 Å². The fourth-order valence-electron chi connectivity index (χ4n) is 7.39. The minimum absolute atomic E-state index is 1.23. The lowest BCUT2D eigenvalue weighted by Gasteiger charge is -2.07. The molecule has 46 heavy (non-hydrogen) atoms. The maximum absolute atomic E-state index is 2.64. The first-order valence-corrected chi connectivity index (χ1v) is 21.9. The Morgan fingerprint density at radius 3 is 1.04 bits per heavy atom. The molecule has 0 radical (unpaired) electrons. The summed E-state index contributed by atoms with van der Waals surface area (Å²) in [4.78, 5) is 0. The third-order valence-corrected chi connectivity index (χ3v) is 10.6. The molecule has 0 saturated heterocycles. The molecule has 272 valence electrons. The molecule has 0 aliphatic rings. The Kier molecular flexibility index (Phi) is 33.4. The highest BCUT2D eigenvalue weighted by Crippen LogP contribution is 2.16. The molecule has 0 aromatic carbocycles. The van der Waals surface area contributed by atoms with Crippen molar-refractivity contribution in [2.45, 2.75) is 265 Å². The van der Waals surface area contributed by atoms with Crippen molar-refractivity contribution >= 4 is 0 Å². The van der Waals surface area contributed by atoms with E-state index in [1.54, 1.807) is 5.82 Å². The van der Waals surface area contributed by atoms with Crippen LogP contribution < -0.4 is 4.57 Å². The zero-order valence-corrected chi connectivity index (χ0v) is 32.4. The van der Waals surface area contributed by atoms with Gasteiger partial charge in [-0.2, -0.15) is 0 Å². The summed E-state index contributed by atoms with van der Waals surface area (Å²) < 4.78 is 5.29. The van der Waals surface area contributed by atoms with E-state index in [2.05, 4.69) is 42.3 Å². The Labute approximate surface area is 291 Å². The SMILES string of the molecule is CCCCCCCCCCCCCCCCCn1cc[n+](CCCCCCCCCCCCC)c1CCCCCCCCCCC. The van der Waals surface area contributed by atoms with Crippen molar-refractivity contribution in [1.82, 2.24) is 4.57 Å². The van der Waals surface area contributed by atoms with Gasteiger partial charge in [0.2, 0.25) is 0 Å². The van der Waals surface area contributed by atoms with E-state index in [9.17, 15) is 0 Å². The lowest BCUT2D eigenvalue weighted by Crippen LogP contribution is -2.37. The molecule has 0 amide bonds. The topological polar surface area (TPSA) is 8.81 Å². The molecular weight excluding hydrogens is 556 g/mol. The van der Waals surface area contributed by atoms with Gasteiger partial charge in [-0.25, -0.2) is 9.13 Å². The Morgan fingerprint density at radius 2 is 0.674 bits per heavy atom. The van der Waals surface area contributed by atoms with Crippen LogP contribution in [-0.2, 0) is 19.5 Å². The van der Waals surface area contributed by atoms with Gasteiger partial charge in [-0.1, -0.05) is 213 Å². The van der Waals surface area contributed by atoms with Crippen molar-refractivity contribution in [2.24, 2.45) is 0 Å². The maximum atomic E-state index is 2.64. The van der Waals surface area contributed by atoms with Gasteiger partial charge in [0.15, 0.2) is 0 Å². The maximum Gasteiger partial charge on any atom is 0.256 e. The van der Waals surface area contributed by atoms with Crippen LogP contribution in [0.15, 0.2) is 12.4 Å². The zero-order valence-electron chi connectivity index (χ0n) is 32.4.